The topological polar surface area (TPSA) is 106 Å². The minimum Gasteiger partial charge on any atom is -0.366 e. The van der Waals surface area contributed by atoms with Gasteiger partial charge in [-0.3, -0.25) is 9.59 Å². The molecule has 1 fully saturated rings. The van der Waals surface area contributed by atoms with E-state index in [1.807, 2.05) is 24.8 Å². The summed E-state index contributed by atoms with van der Waals surface area (Å²) in [6.07, 6.45) is 6.16. The van der Waals surface area contributed by atoms with Crippen LogP contribution in [0.25, 0.3) is 11.0 Å². The molecule has 1 saturated carbocycles. The minimum absolute atomic E-state index is 0.0337. The van der Waals surface area contributed by atoms with Crippen LogP contribution in [0.15, 0.2) is 36.5 Å². The Hall–Kier alpha value is -3.42. The summed E-state index contributed by atoms with van der Waals surface area (Å²) in [5.74, 6) is 0.00830. The smallest absolute Gasteiger partial charge is 0.270 e. The van der Waals surface area contributed by atoms with Gasteiger partial charge in [-0.25, -0.2) is 4.98 Å². The van der Waals surface area contributed by atoms with Crippen molar-refractivity contribution in [3.63, 3.8) is 0 Å². The van der Waals surface area contributed by atoms with Gasteiger partial charge in [0.1, 0.15) is 11.3 Å². The molecule has 3 aromatic rings. The zero-order valence-electron chi connectivity index (χ0n) is 18.0. The maximum atomic E-state index is 13.2. The van der Waals surface area contributed by atoms with Crippen LogP contribution in [0.5, 0.6) is 0 Å². The summed E-state index contributed by atoms with van der Waals surface area (Å²) < 4.78 is 2.12. The zero-order chi connectivity index (χ0) is 22.0. The minimum atomic E-state index is -0.469. The standard InChI is InChI=1S/C23H28N6O2/c1-3-28(4-2)22(31)19-13-16-14-25-23(26-17-11-9-15(10-12-17)20(24)30)27-21(16)29(19)18-7-5-6-8-18/h9-14,18H,3-8H2,1-2H3,(H2,24,30)(H,25,26,27). The number of rotatable bonds is 7. The molecule has 1 aliphatic rings. The van der Waals surface area contributed by atoms with Crippen LogP contribution < -0.4 is 11.1 Å². The third-order valence-electron chi connectivity index (χ3n) is 5.96. The molecule has 3 N–H and O–H groups in total. The van der Waals surface area contributed by atoms with Gasteiger partial charge in [0.2, 0.25) is 11.9 Å². The van der Waals surface area contributed by atoms with E-state index in [0.29, 0.717) is 30.3 Å². The van der Waals surface area contributed by atoms with Gasteiger partial charge in [0.05, 0.1) is 0 Å². The van der Waals surface area contributed by atoms with Crippen LogP contribution in [0.1, 0.15) is 66.4 Å². The normalized spacial score (nSPS) is 14.1. The predicted octanol–water partition coefficient (Wildman–Crippen LogP) is 3.87. The maximum absolute atomic E-state index is 13.2. The number of carbonyl (C=O) groups is 2. The fourth-order valence-corrected chi connectivity index (χ4v) is 4.28. The molecular weight excluding hydrogens is 392 g/mol. The van der Waals surface area contributed by atoms with Crippen molar-refractivity contribution < 1.29 is 9.59 Å². The molecule has 4 rings (SSSR count). The summed E-state index contributed by atoms with van der Waals surface area (Å²) in [5, 5.41) is 4.04. The van der Waals surface area contributed by atoms with E-state index in [-0.39, 0.29) is 11.9 Å². The Bertz CT molecular complexity index is 1100. The molecule has 8 nitrogen and oxygen atoms in total. The van der Waals surface area contributed by atoms with Crippen molar-refractivity contribution >= 4 is 34.5 Å². The maximum Gasteiger partial charge on any atom is 0.270 e. The van der Waals surface area contributed by atoms with E-state index in [2.05, 4.69) is 14.9 Å². The molecule has 0 radical (unpaired) electrons. The van der Waals surface area contributed by atoms with E-state index in [1.165, 1.54) is 0 Å². The number of benzene rings is 1. The Morgan fingerprint density at radius 1 is 1.16 bits per heavy atom. The second-order valence-electron chi connectivity index (χ2n) is 7.85. The summed E-state index contributed by atoms with van der Waals surface area (Å²) in [6, 6.07) is 9.03. The molecule has 1 aromatic carbocycles. The molecular formula is C23H28N6O2. The van der Waals surface area contributed by atoms with Crippen molar-refractivity contribution in [2.75, 3.05) is 18.4 Å². The second-order valence-corrected chi connectivity index (χ2v) is 7.85. The predicted molar refractivity (Wildman–Crippen MR) is 121 cm³/mol. The van der Waals surface area contributed by atoms with E-state index < -0.39 is 5.91 Å². The number of hydrogen-bond acceptors (Lipinski definition) is 5. The van der Waals surface area contributed by atoms with Crippen molar-refractivity contribution in [1.82, 2.24) is 19.4 Å². The molecule has 2 heterocycles. The molecule has 8 heteroatoms. The average Bonchev–Trinajstić information content (AvgIpc) is 3.42. The van der Waals surface area contributed by atoms with Gasteiger partial charge >= 0.3 is 0 Å². The van der Waals surface area contributed by atoms with Gasteiger partial charge in [0, 0.05) is 42.0 Å². The first-order valence-electron chi connectivity index (χ1n) is 10.9. The molecule has 1 aliphatic carbocycles. The summed E-state index contributed by atoms with van der Waals surface area (Å²) in [6.45, 7) is 5.33. The molecule has 2 amide bonds. The van der Waals surface area contributed by atoms with Gasteiger partial charge in [0.15, 0.2) is 0 Å². The van der Waals surface area contributed by atoms with Crippen molar-refractivity contribution in [1.29, 1.82) is 0 Å². The summed E-state index contributed by atoms with van der Waals surface area (Å²) in [5.41, 5.74) is 7.95. The van der Waals surface area contributed by atoms with Crippen LogP contribution in [0.2, 0.25) is 0 Å². The molecule has 31 heavy (non-hydrogen) atoms. The Labute approximate surface area is 181 Å². The summed E-state index contributed by atoms with van der Waals surface area (Å²) in [7, 11) is 0. The van der Waals surface area contributed by atoms with Crippen molar-refractivity contribution in [3.8, 4) is 0 Å². The first-order chi connectivity index (χ1) is 15.0. The second kappa shape index (κ2) is 8.75. The highest BCUT2D eigenvalue weighted by atomic mass is 16.2. The molecule has 0 aliphatic heterocycles. The van der Waals surface area contributed by atoms with Crippen LogP contribution in [0.4, 0.5) is 11.6 Å². The van der Waals surface area contributed by atoms with Gasteiger partial charge in [-0.05, 0) is 57.0 Å². The lowest BCUT2D eigenvalue weighted by Gasteiger charge is -2.22. The van der Waals surface area contributed by atoms with Gasteiger partial charge < -0.3 is 20.5 Å². The van der Waals surface area contributed by atoms with Gasteiger partial charge in [-0.15, -0.1) is 0 Å². The molecule has 162 valence electrons. The van der Waals surface area contributed by atoms with E-state index in [9.17, 15) is 9.59 Å². The Morgan fingerprint density at radius 3 is 2.45 bits per heavy atom. The van der Waals surface area contributed by atoms with Crippen LogP contribution in [-0.4, -0.2) is 44.3 Å². The lowest BCUT2D eigenvalue weighted by Crippen LogP contribution is -2.32. The van der Waals surface area contributed by atoms with Crippen LogP contribution in [0.3, 0.4) is 0 Å². The number of nitrogens with two attached hydrogens (primary N) is 1. The molecule has 0 spiro atoms. The number of nitrogens with zero attached hydrogens (tertiary/aromatic N) is 4. The van der Waals surface area contributed by atoms with Crippen LogP contribution in [0, 0.1) is 0 Å². The van der Waals surface area contributed by atoms with Crippen LogP contribution >= 0.6 is 0 Å². The number of aromatic nitrogens is 3. The quantitative estimate of drug-likeness (QED) is 0.603. The number of amides is 2. The molecule has 0 saturated heterocycles. The highest BCUT2D eigenvalue weighted by Gasteiger charge is 2.27. The largest absolute Gasteiger partial charge is 0.366 e. The van der Waals surface area contributed by atoms with Gasteiger partial charge in [0.25, 0.3) is 5.91 Å². The fraction of sp³-hybridized carbons (Fsp3) is 0.391. The van der Waals surface area contributed by atoms with Gasteiger partial charge in [-0.2, -0.15) is 4.98 Å². The number of hydrogen-bond donors (Lipinski definition) is 2. The van der Waals surface area contributed by atoms with Crippen molar-refractivity contribution in [2.24, 2.45) is 5.73 Å². The lowest BCUT2D eigenvalue weighted by atomic mass is 10.2. The fourth-order valence-electron chi connectivity index (χ4n) is 4.28. The first kappa shape index (κ1) is 20.8. The molecule has 2 aromatic heterocycles. The number of anilines is 2. The molecule has 0 unspecified atom stereocenters. The lowest BCUT2D eigenvalue weighted by molar-refractivity contribution is 0.0760. The molecule has 0 atom stereocenters. The Balaban J connectivity index is 1.73. The van der Waals surface area contributed by atoms with Gasteiger partial charge in [-0.1, -0.05) is 12.8 Å². The Morgan fingerprint density at radius 2 is 1.84 bits per heavy atom. The number of fused-ring (bicyclic) bond motifs is 1. The van der Waals surface area contributed by atoms with E-state index in [4.69, 9.17) is 10.7 Å². The van der Waals surface area contributed by atoms with Crippen LogP contribution in [-0.2, 0) is 0 Å². The monoisotopic (exact) mass is 420 g/mol. The van der Waals surface area contributed by atoms with E-state index in [1.54, 1.807) is 30.5 Å². The SMILES string of the molecule is CCN(CC)C(=O)c1cc2cnc(Nc3ccc(C(N)=O)cc3)nc2n1C1CCCC1. The highest BCUT2D eigenvalue weighted by Crippen LogP contribution is 2.35. The van der Waals surface area contributed by atoms with Crippen molar-refractivity contribution in [3.05, 3.63) is 47.8 Å². The summed E-state index contributed by atoms with van der Waals surface area (Å²) in [4.78, 5) is 35.5. The van der Waals surface area contributed by atoms with E-state index >= 15 is 0 Å². The average molecular weight is 421 g/mol. The molecule has 0 bridgehead atoms. The third-order valence-corrected chi connectivity index (χ3v) is 5.96. The number of primary amides is 1. The van der Waals surface area contributed by atoms with Crippen molar-refractivity contribution in [2.45, 2.75) is 45.6 Å². The number of carbonyl (C=O) groups excluding carboxylic acids is 2. The third kappa shape index (κ3) is 4.10. The summed E-state index contributed by atoms with van der Waals surface area (Å²) >= 11 is 0. The first-order valence-corrected chi connectivity index (χ1v) is 10.9. The Kier molecular flexibility index (Phi) is 5.88. The highest BCUT2D eigenvalue weighted by molar-refractivity contribution is 5.98. The number of nitrogens with one attached hydrogen (secondary N) is 1. The van der Waals surface area contributed by atoms with E-state index in [0.717, 1.165) is 42.4 Å². The zero-order valence-corrected chi connectivity index (χ0v) is 18.0.